The molecule has 1 aliphatic heterocycles. The van der Waals surface area contributed by atoms with Crippen molar-refractivity contribution < 1.29 is 28.6 Å². The number of halogens is 1. The molecule has 3 unspecified atom stereocenters. The number of rotatable bonds is 6. The van der Waals surface area contributed by atoms with Crippen molar-refractivity contribution in [1.82, 2.24) is 9.88 Å². The number of fused-ring (bicyclic) bond motifs is 2. The lowest BCUT2D eigenvalue weighted by molar-refractivity contribution is 0.143. The van der Waals surface area contributed by atoms with Crippen molar-refractivity contribution in [3.63, 3.8) is 0 Å². The quantitative estimate of drug-likeness (QED) is 0.472. The third-order valence-corrected chi connectivity index (χ3v) is 7.17. The number of ether oxygens (including phenoxy) is 2. The van der Waals surface area contributed by atoms with E-state index in [1.807, 2.05) is 9.47 Å². The molecule has 9 nitrogen and oxygen atoms in total. The van der Waals surface area contributed by atoms with Gasteiger partial charge in [-0.1, -0.05) is 12.2 Å². The number of benzene rings is 1. The molecule has 3 aliphatic rings. The van der Waals surface area contributed by atoms with Crippen molar-refractivity contribution in [3.8, 4) is 5.75 Å². The van der Waals surface area contributed by atoms with Crippen LogP contribution in [-0.2, 0) is 4.74 Å². The van der Waals surface area contributed by atoms with Gasteiger partial charge in [-0.2, -0.15) is 0 Å². The largest absolute Gasteiger partial charge is 0.511 e. The van der Waals surface area contributed by atoms with Gasteiger partial charge in [0.2, 0.25) is 5.43 Å². The molecular formula is C25H28FN3O6. The molecule has 2 aliphatic carbocycles. The number of hydrogen-bond acceptors (Lipinski definition) is 6. The van der Waals surface area contributed by atoms with Gasteiger partial charge >= 0.3 is 12.2 Å². The fraction of sp³-hybridized carbons (Fsp3) is 0.480. The maximum absolute atomic E-state index is 15.4. The zero-order valence-electron chi connectivity index (χ0n) is 19.4. The Hall–Kier alpha value is -3.56. The van der Waals surface area contributed by atoms with Crippen LogP contribution < -0.4 is 20.4 Å². The number of nitrogens with zero attached hydrogens (tertiary/aromatic N) is 2. The molecule has 5 rings (SSSR count). The van der Waals surface area contributed by atoms with Crippen molar-refractivity contribution in [3.05, 3.63) is 46.5 Å². The smallest absolute Gasteiger partial charge is 0.450 e. The Balaban J connectivity index is 1.44. The summed E-state index contributed by atoms with van der Waals surface area (Å²) in [5.41, 5.74) is 0.337. The first-order valence-corrected chi connectivity index (χ1v) is 12.0. The van der Waals surface area contributed by atoms with Gasteiger partial charge in [0.05, 0.1) is 29.4 Å². The number of hydrogen-bond donors (Lipinski definition) is 2. The van der Waals surface area contributed by atoms with E-state index >= 15 is 4.39 Å². The van der Waals surface area contributed by atoms with Gasteiger partial charge in [0.15, 0.2) is 5.75 Å². The van der Waals surface area contributed by atoms with E-state index in [2.05, 4.69) is 22.2 Å². The van der Waals surface area contributed by atoms with Crippen LogP contribution in [-0.4, -0.2) is 48.2 Å². The minimum Gasteiger partial charge on any atom is -0.450 e. The summed E-state index contributed by atoms with van der Waals surface area (Å²) in [7, 11) is 0. The second kappa shape index (κ2) is 9.24. The second-order valence-electron chi connectivity index (χ2n) is 9.41. The zero-order valence-corrected chi connectivity index (χ0v) is 19.4. The molecule has 3 atom stereocenters. The molecule has 0 radical (unpaired) electrons. The summed E-state index contributed by atoms with van der Waals surface area (Å²) in [6.07, 6.45) is 6.31. The second-order valence-corrected chi connectivity index (χ2v) is 9.41. The number of allylic oxidation sites excluding steroid dienone is 1. The van der Waals surface area contributed by atoms with Crippen LogP contribution in [0.5, 0.6) is 5.75 Å². The van der Waals surface area contributed by atoms with E-state index in [4.69, 9.17) is 9.84 Å². The molecule has 1 aromatic heterocycles. The molecule has 10 heteroatoms. The molecule has 1 aromatic carbocycles. The Morgan fingerprint density at radius 2 is 2.06 bits per heavy atom. The molecule has 2 heterocycles. The number of carbonyl (C=O) groups is 2. The molecule has 0 spiro atoms. The predicted octanol–water partition coefficient (Wildman–Crippen LogP) is 3.91. The molecule has 2 fully saturated rings. The van der Waals surface area contributed by atoms with Crippen molar-refractivity contribution >= 4 is 28.8 Å². The third-order valence-electron chi connectivity index (χ3n) is 7.17. The first-order valence-electron chi connectivity index (χ1n) is 12.0. The van der Waals surface area contributed by atoms with Crippen LogP contribution >= 0.6 is 0 Å². The van der Waals surface area contributed by atoms with Crippen LogP contribution in [0.3, 0.4) is 0 Å². The fourth-order valence-electron chi connectivity index (χ4n) is 5.38. The highest BCUT2D eigenvalue weighted by Crippen LogP contribution is 2.41. The zero-order chi connectivity index (χ0) is 24.7. The van der Waals surface area contributed by atoms with Gasteiger partial charge in [0, 0.05) is 25.7 Å². The minimum absolute atomic E-state index is 0.102. The summed E-state index contributed by atoms with van der Waals surface area (Å²) < 4.78 is 26.8. The third kappa shape index (κ3) is 4.56. The summed E-state index contributed by atoms with van der Waals surface area (Å²) in [5.74, 6) is -0.173. The number of aromatic nitrogens is 1. The first-order chi connectivity index (χ1) is 16.9. The van der Waals surface area contributed by atoms with Gasteiger partial charge in [0.1, 0.15) is 5.82 Å². The normalized spacial score (nSPS) is 23.3. The topological polar surface area (TPSA) is 110 Å². The van der Waals surface area contributed by atoms with Crippen LogP contribution in [0.15, 0.2) is 35.3 Å². The number of anilines is 1. The number of carboxylic acid groups (broad SMARTS) is 1. The Kier molecular flexibility index (Phi) is 6.12. The van der Waals surface area contributed by atoms with Gasteiger partial charge in [-0.15, -0.1) is 0 Å². The summed E-state index contributed by atoms with van der Waals surface area (Å²) in [6, 6.07) is 3.01. The maximum Gasteiger partial charge on any atom is 0.511 e. The molecule has 0 bridgehead atoms. The fourth-order valence-corrected chi connectivity index (χ4v) is 5.38. The van der Waals surface area contributed by atoms with Gasteiger partial charge in [0.25, 0.3) is 0 Å². The van der Waals surface area contributed by atoms with E-state index in [0.717, 1.165) is 19.3 Å². The van der Waals surface area contributed by atoms with Crippen molar-refractivity contribution in [1.29, 1.82) is 0 Å². The van der Waals surface area contributed by atoms with E-state index in [9.17, 15) is 14.4 Å². The minimum atomic E-state index is -1.58. The monoisotopic (exact) mass is 485 g/mol. The molecule has 1 saturated carbocycles. The van der Waals surface area contributed by atoms with Crippen LogP contribution in [0.1, 0.15) is 32.2 Å². The molecule has 1 saturated heterocycles. The number of pyridine rings is 1. The van der Waals surface area contributed by atoms with Crippen molar-refractivity contribution in [2.24, 2.45) is 17.8 Å². The lowest BCUT2D eigenvalue weighted by Crippen LogP contribution is -2.36. The summed E-state index contributed by atoms with van der Waals surface area (Å²) in [6.45, 7) is 3.82. The van der Waals surface area contributed by atoms with Gasteiger partial charge in [-0.25, -0.2) is 14.0 Å². The van der Waals surface area contributed by atoms with Gasteiger partial charge in [-0.05, 0) is 56.1 Å². The number of alkyl carbamates (subject to hydrolysis) is 1. The molecule has 1 amide bonds. The Bertz CT molecular complexity index is 1250. The molecular weight excluding hydrogens is 457 g/mol. The average Bonchev–Trinajstić information content (AvgIpc) is 3.57. The number of carbonyl (C=O) groups excluding carboxylic acids is 1. The van der Waals surface area contributed by atoms with Gasteiger partial charge in [-0.3, -0.25) is 4.79 Å². The van der Waals surface area contributed by atoms with Crippen LogP contribution in [0.25, 0.3) is 10.9 Å². The van der Waals surface area contributed by atoms with E-state index in [1.165, 1.54) is 12.3 Å². The average molecular weight is 486 g/mol. The van der Waals surface area contributed by atoms with Gasteiger partial charge < -0.3 is 29.4 Å². The van der Waals surface area contributed by atoms with Crippen LogP contribution in [0.2, 0.25) is 0 Å². The molecule has 2 N–H and O–H groups in total. The maximum atomic E-state index is 15.4. The highest BCUT2D eigenvalue weighted by molar-refractivity contribution is 5.85. The number of nitrogens with one attached hydrogen (secondary N) is 1. The standard InChI is InChI=1S/C25H28FN3O6/c1-2-34-24(31)27-10-14-4-3-5-15-11-28(12-18(14)15)21-9-20-17(8-19(21)26)23(30)22(35-25(32)33)13-29(20)16-6-7-16/h3,5,8-9,13-16,18H,2,4,6-7,10-12H2,1H3,(H,27,31)(H,32,33). The molecule has 35 heavy (non-hydrogen) atoms. The van der Waals surface area contributed by atoms with E-state index in [-0.39, 0.29) is 34.9 Å². The van der Waals surface area contributed by atoms with Crippen molar-refractivity contribution in [2.75, 3.05) is 31.1 Å². The van der Waals surface area contributed by atoms with Crippen LogP contribution in [0, 0.1) is 23.6 Å². The van der Waals surface area contributed by atoms with E-state index in [0.29, 0.717) is 37.4 Å². The summed E-state index contributed by atoms with van der Waals surface area (Å²) in [5, 5.41) is 11.9. The lowest BCUT2D eigenvalue weighted by Gasteiger charge is -2.29. The SMILES string of the molecule is CCOC(=O)NCC1CC=CC2CN(c3cc4c(cc3F)c(=O)c(OC(=O)O)cn4C3CC3)CC21. The highest BCUT2D eigenvalue weighted by atomic mass is 19.1. The summed E-state index contributed by atoms with van der Waals surface area (Å²) >= 11 is 0. The highest BCUT2D eigenvalue weighted by Gasteiger charge is 2.39. The van der Waals surface area contributed by atoms with Crippen LogP contribution in [0.4, 0.5) is 19.7 Å². The first kappa shape index (κ1) is 23.2. The molecule has 2 aromatic rings. The Labute approximate surface area is 201 Å². The van der Waals surface area contributed by atoms with E-state index in [1.54, 1.807) is 13.0 Å². The number of amides is 1. The summed E-state index contributed by atoms with van der Waals surface area (Å²) in [4.78, 5) is 37.6. The van der Waals surface area contributed by atoms with Crippen molar-refractivity contribution in [2.45, 2.75) is 32.2 Å². The predicted molar refractivity (Wildman–Crippen MR) is 127 cm³/mol. The molecule has 186 valence electrons. The Morgan fingerprint density at radius 1 is 1.26 bits per heavy atom. The van der Waals surface area contributed by atoms with E-state index < -0.39 is 23.5 Å². The lowest BCUT2D eigenvalue weighted by atomic mass is 9.78. The Morgan fingerprint density at radius 3 is 2.77 bits per heavy atom.